The summed E-state index contributed by atoms with van der Waals surface area (Å²) in [6.45, 7) is 0. The summed E-state index contributed by atoms with van der Waals surface area (Å²) in [5.74, 6) is 1.45. The number of rotatable bonds is 4. The molecule has 1 unspecified atom stereocenters. The van der Waals surface area contributed by atoms with Crippen molar-refractivity contribution in [2.24, 2.45) is 4.99 Å². The molecule has 0 saturated heterocycles. The van der Waals surface area contributed by atoms with E-state index in [1.807, 2.05) is 34.9 Å². The molecule has 1 aliphatic carbocycles. The first kappa shape index (κ1) is 22.4. The van der Waals surface area contributed by atoms with E-state index >= 15 is 0 Å². The SMILES string of the molecule is COc1ccc(C2C3=C(N=c4s/c(=C/c5ccc(O)cc5)c(=O)n42)c2ccccc2CC3)cc1OC. The standard InChI is InChI=1S/C29H24N2O4S/c1-34-23-14-10-19(16-24(23)35-2)27-22-13-9-18-5-3-4-6-21(18)26(22)30-29-31(27)28(33)25(36-29)15-17-7-11-20(32)12-8-17/h3-8,10-12,14-16,27,32H,9,13H2,1-2H3/b25-15+. The maximum atomic E-state index is 13.8. The summed E-state index contributed by atoms with van der Waals surface area (Å²) >= 11 is 1.38. The van der Waals surface area contributed by atoms with Crippen LogP contribution in [0.5, 0.6) is 17.2 Å². The third-order valence-corrected chi connectivity index (χ3v) is 7.77. The first-order valence-corrected chi connectivity index (χ1v) is 12.5. The molecule has 4 aromatic rings. The van der Waals surface area contributed by atoms with Gasteiger partial charge < -0.3 is 14.6 Å². The van der Waals surface area contributed by atoms with Gasteiger partial charge >= 0.3 is 0 Å². The molecule has 3 aromatic carbocycles. The van der Waals surface area contributed by atoms with Crippen LogP contribution in [0.4, 0.5) is 0 Å². The van der Waals surface area contributed by atoms with Gasteiger partial charge in [0.2, 0.25) is 0 Å². The van der Waals surface area contributed by atoms with Crippen LogP contribution < -0.4 is 24.4 Å². The normalized spacial score (nSPS) is 16.6. The number of aromatic nitrogens is 1. The quantitative estimate of drug-likeness (QED) is 0.463. The van der Waals surface area contributed by atoms with E-state index < -0.39 is 0 Å². The maximum absolute atomic E-state index is 13.8. The van der Waals surface area contributed by atoms with E-state index in [2.05, 4.69) is 18.2 Å². The third kappa shape index (κ3) is 3.63. The summed E-state index contributed by atoms with van der Waals surface area (Å²) in [7, 11) is 3.23. The number of fused-ring (bicyclic) bond motifs is 3. The molecule has 0 saturated carbocycles. The molecule has 1 atom stereocenters. The number of phenolic OH excluding ortho intramolecular Hbond substituents is 1. The summed E-state index contributed by atoms with van der Waals surface area (Å²) in [5.41, 5.74) is 6.19. The van der Waals surface area contributed by atoms with E-state index in [0.29, 0.717) is 20.8 Å². The minimum Gasteiger partial charge on any atom is -0.508 e. The molecule has 0 spiro atoms. The Hall–Kier alpha value is -4.10. The fraction of sp³-hybridized carbons (Fsp3) is 0.172. The maximum Gasteiger partial charge on any atom is 0.271 e. The number of allylic oxidation sites excluding steroid dienone is 1. The van der Waals surface area contributed by atoms with Crippen LogP contribution in [-0.2, 0) is 6.42 Å². The fourth-order valence-corrected chi connectivity index (χ4v) is 6.07. The summed E-state index contributed by atoms with van der Waals surface area (Å²) in [6, 6.07) is 20.7. The molecule has 7 heteroatoms. The fourth-order valence-electron chi connectivity index (χ4n) is 5.07. The molecule has 1 N–H and O–H groups in total. The van der Waals surface area contributed by atoms with Crippen LogP contribution in [-0.4, -0.2) is 23.9 Å². The summed E-state index contributed by atoms with van der Waals surface area (Å²) in [6.07, 6.45) is 3.56. The van der Waals surface area contributed by atoms with Gasteiger partial charge in [-0.15, -0.1) is 0 Å². The molecule has 0 bridgehead atoms. The Morgan fingerprint density at radius 3 is 2.56 bits per heavy atom. The molecule has 180 valence electrons. The molecule has 0 fully saturated rings. The number of nitrogens with zero attached hydrogens (tertiary/aromatic N) is 2. The number of hydrogen-bond donors (Lipinski definition) is 1. The Bertz CT molecular complexity index is 1700. The summed E-state index contributed by atoms with van der Waals surface area (Å²) < 4.78 is 13.5. The van der Waals surface area contributed by atoms with Gasteiger partial charge in [0.05, 0.1) is 30.5 Å². The van der Waals surface area contributed by atoms with Gasteiger partial charge in [-0.1, -0.05) is 53.8 Å². The van der Waals surface area contributed by atoms with E-state index in [0.717, 1.165) is 40.8 Å². The highest BCUT2D eigenvalue weighted by atomic mass is 32.1. The number of aryl methyl sites for hydroxylation is 1. The molecule has 1 aromatic heterocycles. The predicted octanol–water partition coefficient (Wildman–Crippen LogP) is 4.04. The first-order chi connectivity index (χ1) is 17.6. The van der Waals surface area contributed by atoms with Crippen LogP contribution in [0.25, 0.3) is 11.8 Å². The number of ether oxygens (including phenoxy) is 2. The minimum absolute atomic E-state index is 0.0861. The second-order valence-corrected chi connectivity index (χ2v) is 9.83. The lowest BCUT2D eigenvalue weighted by Crippen LogP contribution is -2.38. The van der Waals surface area contributed by atoms with Crippen LogP contribution in [0.2, 0.25) is 0 Å². The van der Waals surface area contributed by atoms with Gasteiger partial charge in [-0.05, 0) is 65.4 Å². The smallest absolute Gasteiger partial charge is 0.271 e. The van der Waals surface area contributed by atoms with Crippen LogP contribution in [0.15, 0.2) is 82.1 Å². The van der Waals surface area contributed by atoms with Gasteiger partial charge in [-0.2, -0.15) is 0 Å². The van der Waals surface area contributed by atoms with Crippen LogP contribution in [0.3, 0.4) is 0 Å². The Labute approximate surface area is 211 Å². The third-order valence-electron chi connectivity index (χ3n) is 6.79. The molecule has 0 radical (unpaired) electrons. The lowest BCUT2D eigenvalue weighted by atomic mass is 9.83. The average Bonchev–Trinajstić information content (AvgIpc) is 3.22. The lowest BCUT2D eigenvalue weighted by Gasteiger charge is -2.31. The van der Waals surface area contributed by atoms with Crippen molar-refractivity contribution in [3.63, 3.8) is 0 Å². The van der Waals surface area contributed by atoms with Gasteiger partial charge in [0.15, 0.2) is 16.3 Å². The van der Waals surface area contributed by atoms with Crippen LogP contribution >= 0.6 is 11.3 Å². The Morgan fingerprint density at radius 2 is 1.78 bits per heavy atom. The molecule has 0 amide bonds. The largest absolute Gasteiger partial charge is 0.508 e. The Kier molecular flexibility index (Phi) is 5.49. The van der Waals surface area contributed by atoms with Crippen molar-refractivity contribution in [3.8, 4) is 17.2 Å². The predicted molar refractivity (Wildman–Crippen MR) is 140 cm³/mol. The van der Waals surface area contributed by atoms with Crippen molar-refractivity contribution in [2.75, 3.05) is 14.2 Å². The first-order valence-electron chi connectivity index (χ1n) is 11.7. The van der Waals surface area contributed by atoms with Crippen molar-refractivity contribution in [1.29, 1.82) is 0 Å². The van der Waals surface area contributed by atoms with E-state index in [4.69, 9.17) is 14.5 Å². The topological polar surface area (TPSA) is 73.0 Å². The van der Waals surface area contributed by atoms with E-state index in [9.17, 15) is 9.90 Å². The Balaban J connectivity index is 1.62. The van der Waals surface area contributed by atoms with Gasteiger partial charge in [0.25, 0.3) is 5.56 Å². The van der Waals surface area contributed by atoms with Gasteiger partial charge in [0.1, 0.15) is 5.75 Å². The molecular formula is C29H24N2O4S. The van der Waals surface area contributed by atoms with E-state index in [-0.39, 0.29) is 17.4 Å². The number of benzene rings is 3. The summed E-state index contributed by atoms with van der Waals surface area (Å²) in [4.78, 5) is 19.5. The van der Waals surface area contributed by atoms with Crippen molar-refractivity contribution < 1.29 is 14.6 Å². The highest BCUT2D eigenvalue weighted by Crippen LogP contribution is 2.42. The molecule has 2 aliphatic rings. The molecule has 1 aliphatic heterocycles. The zero-order valence-corrected chi connectivity index (χ0v) is 20.7. The molecular weight excluding hydrogens is 472 g/mol. The molecule has 6 nitrogen and oxygen atoms in total. The monoisotopic (exact) mass is 496 g/mol. The number of phenols is 1. The van der Waals surface area contributed by atoms with Crippen molar-refractivity contribution in [1.82, 2.24) is 4.57 Å². The second-order valence-electron chi connectivity index (χ2n) is 8.82. The number of aromatic hydroxyl groups is 1. The zero-order valence-electron chi connectivity index (χ0n) is 19.9. The molecule has 36 heavy (non-hydrogen) atoms. The van der Waals surface area contributed by atoms with Crippen molar-refractivity contribution in [3.05, 3.63) is 114 Å². The zero-order chi connectivity index (χ0) is 24.8. The van der Waals surface area contributed by atoms with Crippen molar-refractivity contribution >= 4 is 23.1 Å². The average molecular weight is 497 g/mol. The lowest BCUT2D eigenvalue weighted by molar-refractivity contribution is 0.354. The number of thiazole rings is 1. The van der Waals surface area contributed by atoms with E-state index in [1.54, 1.807) is 38.5 Å². The van der Waals surface area contributed by atoms with Crippen LogP contribution in [0, 0.1) is 0 Å². The van der Waals surface area contributed by atoms with Gasteiger partial charge in [0, 0.05) is 5.56 Å². The highest BCUT2D eigenvalue weighted by molar-refractivity contribution is 7.07. The van der Waals surface area contributed by atoms with Crippen molar-refractivity contribution in [2.45, 2.75) is 18.9 Å². The van der Waals surface area contributed by atoms with Gasteiger partial charge in [-0.3, -0.25) is 9.36 Å². The van der Waals surface area contributed by atoms with E-state index in [1.165, 1.54) is 16.9 Å². The highest BCUT2D eigenvalue weighted by Gasteiger charge is 2.33. The Morgan fingerprint density at radius 1 is 1.00 bits per heavy atom. The number of hydrogen-bond acceptors (Lipinski definition) is 6. The summed E-state index contributed by atoms with van der Waals surface area (Å²) in [5, 5.41) is 9.63. The minimum atomic E-state index is -0.300. The molecule has 6 rings (SSSR count). The molecule has 2 heterocycles. The number of methoxy groups -OCH3 is 2. The van der Waals surface area contributed by atoms with Crippen LogP contribution in [0.1, 0.15) is 34.7 Å². The second kappa shape index (κ2) is 8.84. The van der Waals surface area contributed by atoms with Gasteiger partial charge in [-0.25, -0.2) is 4.99 Å².